The van der Waals surface area contributed by atoms with Crippen LogP contribution < -0.4 is 0 Å². The highest BCUT2D eigenvalue weighted by Gasteiger charge is 2.11. The van der Waals surface area contributed by atoms with E-state index in [0.29, 0.717) is 5.39 Å². The van der Waals surface area contributed by atoms with Crippen molar-refractivity contribution in [3.63, 3.8) is 0 Å². The fraction of sp³-hybridized carbons (Fsp3) is 0. The minimum atomic E-state index is -1.05. The molecule has 0 aliphatic heterocycles. The maximum Gasteiger partial charge on any atom is 0.336 e. The predicted octanol–water partition coefficient (Wildman–Crippen LogP) is 2.01. The van der Waals surface area contributed by atoms with E-state index in [4.69, 9.17) is 5.11 Å². The zero-order valence-corrected chi connectivity index (χ0v) is 6.54. The molecule has 0 unspecified atom stereocenters. The number of benzene rings is 1. The molecule has 2 rings (SSSR count). The second-order valence-electron chi connectivity index (χ2n) is 2.67. The molecular weight excluding hydrogens is 173 g/mol. The Morgan fingerprint density at radius 1 is 1.38 bits per heavy atom. The molecule has 0 aliphatic rings. The summed E-state index contributed by atoms with van der Waals surface area (Å²) in [5.74, 6) is -1.49. The third kappa shape index (κ3) is 1.07. The van der Waals surface area contributed by atoms with Crippen molar-refractivity contribution in [2.75, 3.05) is 0 Å². The Labute approximate surface area is 72.8 Å². The van der Waals surface area contributed by atoms with Crippen LogP contribution in [-0.4, -0.2) is 16.1 Å². The zero-order valence-electron chi connectivity index (χ0n) is 6.54. The summed E-state index contributed by atoms with van der Waals surface area (Å²) in [6.07, 6.45) is 1.51. The van der Waals surface area contributed by atoms with E-state index in [9.17, 15) is 9.18 Å². The molecule has 1 aromatic heterocycles. The lowest BCUT2D eigenvalue weighted by Gasteiger charge is -1.97. The van der Waals surface area contributed by atoms with E-state index < -0.39 is 11.8 Å². The second-order valence-corrected chi connectivity index (χ2v) is 2.67. The fourth-order valence-electron chi connectivity index (χ4n) is 1.31. The second kappa shape index (κ2) is 2.58. The van der Waals surface area contributed by atoms with Crippen molar-refractivity contribution >= 4 is 16.9 Å². The van der Waals surface area contributed by atoms with Gasteiger partial charge in [0.1, 0.15) is 5.82 Å². The largest absolute Gasteiger partial charge is 0.478 e. The number of aromatic amines is 1. The van der Waals surface area contributed by atoms with Crippen molar-refractivity contribution in [1.29, 1.82) is 0 Å². The first kappa shape index (κ1) is 7.79. The van der Waals surface area contributed by atoms with Crippen molar-refractivity contribution < 1.29 is 14.3 Å². The van der Waals surface area contributed by atoms with Gasteiger partial charge in [0.25, 0.3) is 0 Å². The van der Waals surface area contributed by atoms with Crippen LogP contribution in [0.25, 0.3) is 10.9 Å². The molecule has 0 aliphatic carbocycles. The summed E-state index contributed by atoms with van der Waals surface area (Å²) in [7, 11) is 0. The molecular formula is C9H6FNO2. The molecule has 2 N–H and O–H groups in total. The predicted molar refractivity (Wildman–Crippen MR) is 45.2 cm³/mol. The van der Waals surface area contributed by atoms with Crippen LogP contribution in [-0.2, 0) is 0 Å². The molecule has 0 atom stereocenters. The van der Waals surface area contributed by atoms with Crippen molar-refractivity contribution in [2.24, 2.45) is 0 Å². The number of rotatable bonds is 1. The topological polar surface area (TPSA) is 53.1 Å². The van der Waals surface area contributed by atoms with Crippen LogP contribution in [0.1, 0.15) is 10.4 Å². The molecule has 0 saturated heterocycles. The van der Waals surface area contributed by atoms with Crippen LogP contribution in [0.2, 0.25) is 0 Å². The first-order valence-corrected chi connectivity index (χ1v) is 3.69. The average Bonchev–Trinajstić information content (AvgIpc) is 2.53. The molecule has 0 bridgehead atoms. The maximum absolute atomic E-state index is 13.0. The molecule has 1 aromatic carbocycles. The van der Waals surface area contributed by atoms with E-state index in [1.807, 2.05) is 0 Å². The molecule has 3 nitrogen and oxygen atoms in total. The quantitative estimate of drug-likeness (QED) is 0.703. The monoisotopic (exact) mass is 179 g/mol. The van der Waals surface area contributed by atoms with Gasteiger partial charge in [-0.25, -0.2) is 9.18 Å². The van der Waals surface area contributed by atoms with Gasteiger partial charge in [-0.05, 0) is 18.2 Å². The Morgan fingerprint density at radius 2 is 2.15 bits per heavy atom. The van der Waals surface area contributed by atoms with Crippen LogP contribution in [0.5, 0.6) is 0 Å². The number of carboxylic acid groups (broad SMARTS) is 1. The van der Waals surface area contributed by atoms with Gasteiger partial charge in [-0.3, -0.25) is 0 Å². The Kier molecular flexibility index (Phi) is 1.55. The van der Waals surface area contributed by atoms with E-state index in [-0.39, 0.29) is 11.1 Å². The maximum atomic E-state index is 13.0. The van der Waals surface area contributed by atoms with Gasteiger partial charge >= 0.3 is 5.97 Å². The summed E-state index contributed by atoms with van der Waals surface area (Å²) in [6, 6.07) is 3.94. The lowest BCUT2D eigenvalue weighted by atomic mass is 10.1. The SMILES string of the molecule is O=C(O)c1ccc(F)c2[nH]ccc12. The number of carboxylic acids is 1. The first-order valence-electron chi connectivity index (χ1n) is 3.69. The number of H-pyrrole nitrogens is 1. The lowest BCUT2D eigenvalue weighted by molar-refractivity contribution is 0.0699. The van der Waals surface area contributed by atoms with Gasteiger partial charge in [0.15, 0.2) is 0 Å². The Hall–Kier alpha value is -1.84. The van der Waals surface area contributed by atoms with Gasteiger partial charge < -0.3 is 10.1 Å². The molecule has 0 amide bonds. The number of hydrogen-bond acceptors (Lipinski definition) is 1. The van der Waals surface area contributed by atoms with Crippen molar-refractivity contribution in [1.82, 2.24) is 4.98 Å². The molecule has 66 valence electrons. The minimum absolute atomic E-state index is 0.109. The van der Waals surface area contributed by atoms with Gasteiger partial charge in [0.2, 0.25) is 0 Å². The van der Waals surface area contributed by atoms with Crippen molar-refractivity contribution in [3.8, 4) is 0 Å². The lowest BCUT2D eigenvalue weighted by Crippen LogP contribution is -1.97. The number of aromatic nitrogens is 1. The summed E-state index contributed by atoms with van der Waals surface area (Å²) in [5.41, 5.74) is 0.345. The molecule has 0 spiro atoms. The van der Waals surface area contributed by atoms with Gasteiger partial charge in [-0.2, -0.15) is 0 Å². The van der Waals surface area contributed by atoms with Gasteiger partial charge in [-0.1, -0.05) is 0 Å². The average molecular weight is 179 g/mol. The third-order valence-corrected chi connectivity index (χ3v) is 1.90. The smallest absolute Gasteiger partial charge is 0.336 e. The van der Waals surface area contributed by atoms with E-state index in [0.717, 1.165) is 6.07 Å². The summed E-state index contributed by atoms with van der Waals surface area (Å²) < 4.78 is 13.0. The van der Waals surface area contributed by atoms with E-state index in [1.165, 1.54) is 12.3 Å². The van der Waals surface area contributed by atoms with Gasteiger partial charge in [-0.15, -0.1) is 0 Å². The van der Waals surface area contributed by atoms with Crippen LogP contribution in [0.15, 0.2) is 24.4 Å². The van der Waals surface area contributed by atoms with Crippen molar-refractivity contribution in [3.05, 3.63) is 35.8 Å². The molecule has 1 heterocycles. The molecule has 0 saturated carbocycles. The minimum Gasteiger partial charge on any atom is -0.478 e. The number of fused-ring (bicyclic) bond motifs is 1. The van der Waals surface area contributed by atoms with Crippen LogP contribution >= 0.6 is 0 Å². The molecule has 2 aromatic rings. The van der Waals surface area contributed by atoms with Gasteiger partial charge in [0, 0.05) is 11.6 Å². The van der Waals surface area contributed by atoms with Crippen LogP contribution in [0.4, 0.5) is 4.39 Å². The summed E-state index contributed by atoms with van der Waals surface area (Å²) >= 11 is 0. The van der Waals surface area contributed by atoms with E-state index in [1.54, 1.807) is 6.07 Å². The molecule has 0 fully saturated rings. The highest BCUT2D eigenvalue weighted by atomic mass is 19.1. The number of nitrogens with one attached hydrogen (secondary N) is 1. The van der Waals surface area contributed by atoms with Crippen molar-refractivity contribution in [2.45, 2.75) is 0 Å². The highest BCUT2D eigenvalue weighted by molar-refractivity contribution is 6.02. The number of aromatic carboxylic acids is 1. The fourth-order valence-corrected chi connectivity index (χ4v) is 1.31. The van der Waals surface area contributed by atoms with Gasteiger partial charge in [0.05, 0.1) is 11.1 Å². The Bertz CT molecular complexity index is 475. The Balaban J connectivity index is 2.86. The number of hydrogen-bond donors (Lipinski definition) is 2. The standard InChI is InChI=1S/C9H6FNO2/c10-7-2-1-6(9(12)13)5-3-4-11-8(5)7/h1-4,11H,(H,12,13). The summed E-state index contributed by atoms with van der Waals surface area (Å²) in [4.78, 5) is 13.3. The zero-order chi connectivity index (χ0) is 9.42. The third-order valence-electron chi connectivity index (χ3n) is 1.90. The Morgan fingerprint density at radius 3 is 2.85 bits per heavy atom. The molecule has 4 heteroatoms. The molecule has 0 radical (unpaired) electrons. The van der Waals surface area contributed by atoms with Crippen LogP contribution in [0.3, 0.4) is 0 Å². The van der Waals surface area contributed by atoms with E-state index in [2.05, 4.69) is 4.98 Å². The van der Waals surface area contributed by atoms with E-state index >= 15 is 0 Å². The van der Waals surface area contributed by atoms with Crippen LogP contribution in [0, 0.1) is 5.82 Å². The highest BCUT2D eigenvalue weighted by Crippen LogP contribution is 2.20. The number of carbonyl (C=O) groups is 1. The summed E-state index contributed by atoms with van der Waals surface area (Å²) in [6.45, 7) is 0. The molecule has 13 heavy (non-hydrogen) atoms. The number of halogens is 1. The normalized spacial score (nSPS) is 10.5. The first-order chi connectivity index (χ1) is 6.20. The summed E-state index contributed by atoms with van der Waals surface area (Å²) in [5, 5.41) is 9.15.